The van der Waals surface area contributed by atoms with E-state index >= 15 is 0 Å². The SMILES string of the molecule is CC(Nc1c(Cl)ccc2scnc12)c1ccccc1. The molecule has 1 aromatic heterocycles. The zero-order valence-electron chi connectivity index (χ0n) is 10.4. The number of hydrogen-bond acceptors (Lipinski definition) is 3. The van der Waals surface area contributed by atoms with Crippen LogP contribution < -0.4 is 5.32 Å². The lowest BCUT2D eigenvalue weighted by atomic mass is 10.1. The Hall–Kier alpha value is -1.58. The Morgan fingerprint density at radius 2 is 1.95 bits per heavy atom. The maximum absolute atomic E-state index is 6.29. The third-order valence-electron chi connectivity index (χ3n) is 3.11. The Labute approximate surface area is 121 Å². The molecule has 3 aromatic rings. The van der Waals surface area contributed by atoms with E-state index in [-0.39, 0.29) is 6.04 Å². The van der Waals surface area contributed by atoms with Crippen molar-refractivity contribution in [1.82, 2.24) is 4.98 Å². The summed E-state index contributed by atoms with van der Waals surface area (Å²) in [5.74, 6) is 0. The predicted octanol–water partition coefficient (Wildman–Crippen LogP) is 5.12. The fourth-order valence-corrected chi connectivity index (χ4v) is 2.98. The lowest BCUT2D eigenvalue weighted by molar-refractivity contribution is 0.886. The summed E-state index contributed by atoms with van der Waals surface area (Å²) in [7, 11) is 0. The van der Waals surface area contributed by atoms with Gasteiger partial charge in [0, 0.05) is 6.04 Å². The van der Waals surface area contributed by atoms with Crippen molar-refractivity contribution in [2.24, 2.45) is 0 Å². The smallest absolute Gasteiger partial charge is 0.106 e. The molecule has 0 fully saturated rings. The summed E-state index contributed by atoms with van der Waals surface area (Å²) in [6.07, 6.45) is 0. The molecule has 96 valence electrons. The lowest BCUT2D eigenvalue weighted by Gasteiger charge is -2.17. The third kappa shape index (κ3) is 2.44. The van der Waals surface area contributed by atoms with Gasteiger partial charge in [-0.15, -0.1) is 11.3 Å². The van der Waals surface area contributed by atoms with Gasteiger partial charge in [-0.1, -0.05) is 41.9 Å². The average Bonchev–Trinajstić information content (AvgIpc) is 2.91. The van der Waals surface area contributed by atoms with Gasteiger partial charge >= 0.3 is 0 Å². The van der Waals surface area contributed by atoms with Crippen LogP contribution >= 0.6 is 22.9 Å². The summed E-state index contributed by atoms with van der Waals surface area (Å²) in [5.41, 5.74) is 4.93. The highest BCUT2D eigenvalue weighted by atomic mass is 35.5. The van der Waals surface area contributed by atoms with Crippen molar-refractivity contribution in [3.8, 4) is 0 Å². The largest absolute Gasteiger partial charge is 0.376 e. The van der Waals surface area contributed by atoms with Crippen molar-refractivity contribution >= 4 is 38.8 Å². The molecule has 1 atom stereocenters. The molecule has 0 aliphatic carbocycles. The minimum absolute atomic E-state index is 0.186. The molecule has 2 nitrogen and oxygen atoms in total. The number of aromatic nitrogens is 1. The van der Waals surface area contributed by atoms with E-state index in [4.69, 9.17) is 11.6 Å². The Bertz CT molecular complexity index is 694. The molecule has 0 saturated carbocycles. The van der Waals surface area contributed by atoms with Gasteiger partial charge < -0.3 is 5.32 Å². The van der Waals surface area contributed by atoms with Crippen molar-refractivity contribution in [3.05, 3.63) is 58.6 Å². The molecule has 0 aliphatic heterocycles. The van der Waals surface area contributed by atoms with Gasteiger partial charge in [0.1, 0.15) is 5.52 Å². The molecular weight excluding hydrogens is 276 g/mol. The quantitative estimate of drug-likeness (QED) is 0.723. The van der Waals surface area contributed by atoms with E-state index in [1.165, 1.54) is 5.56 Å². The molecule has 1 heterocycles. The lowest BCUT2D eigenvalue weighted by Crippen LogP contribution is -2.07. The van der Waals surface area contributed by atoms with Gasteiger partial charge in [-0.2, -0.15) is 0 Å². The van der Waals surface area contributed by atoms with Gasteiger partial charge in [0.2, 0.25) is 0 Å². The van der Waals surface area contributed by atoms with E-state index in [0.717, 1.165) is 15.9 Å². The van der Waals surface area contributed by atoms with Crippen molar-refractivity contribution in [2.45, 2.75) is 13.0 Å². The molecule has 0 saturated heterocycles. The zero-order valence-corrected chi connectivity index (χ0v) is 12.0. The Kier molecular flexibility index (Phi) is 3.40. The number of fused-ring (bicyclic) bond motifs is 1. The van der Waals surface area contributed by atoms with Crippen LogP contribution in [0.4, 0.5) is 5.69 Å². The molecule has 19 heavy (non-hydrogen) atoms. The van der Waals surface area contributed by atoms with E-state index in [1.54, 1.807) is 11.3 Å². The molecule has 2 aromatic carbocycles. The monoisotopic (exact) mass is 288 g/mol. The van der Waals surface area contributed by atoms with E-state index < -0.39 is 0 Å². The number of halogens is 1. The maximum Gasteiger partial charge on any atom is 0.106 e. The van der Waals surface area contributed by atoms with Crippen LogP contribution in [0.15, 0.2) is 48.0 Å². The molecule has 1 unspecified atom stereocenters. The predicted molar refractivity (Wildman–Crippen MR) is 83.1 cm³/mol. The molecular formula is C15H13ClN2S. The van der Waals surface area contributed by atoms with Gasteiger partial charge in [-0.05, 0) is 24.6 Å². The Morgan fingerprint density at radius 1 is 1.16 bits per heavy atom. The standard InChI is InChI=1S/C15H13ClN2S/c1-10(11-5-3-2-4-6-11)18-14-12(16)7-8-13-15(14)17-9-19-13/h2-10,18H,1H3. The first kappa shape index (κ1) is 12.5. The van der Waals surface area contributed by atoms with Gasteiger partial charge in [0.25, 0.3) is 0 Å². The number of thiazole rings is 1. The fourth-order valence-electron chi connectivity index (χ4n) is 2.09. The number of rotatable bonds is 3. The summed E-state index contributed by atoms with van der Waals surface area (Å²) >= 11 is 7.92. The van der Waals surface area contributed by atoms with Crippen molar-refractivity contribution in [3.63, 3.8) is 0 Å². The van der Waals surface area contributed by atoms with Crippen LogP contribution in [0.25, 0.3) is 10.2 Å². The molecule has 0 aliphatic rings. The second-order valence-electron chi connectivity index (χ2n) is 4.40. The first-order valence-electron chi connectivity index (χ1n) is 6.09. The molecule has 0 spiro atoms. The van der Waals surface area contributed by atoms with Crippen molar-refractivity contribution in [2.75, 3.05) is 5.32 Å². The van der Waals surface area contributed by atoms with E-state index in [1.807, 2.05) is 35.8 Å². The number of nitrogens with zero attached hydrogens (tertiary/aromatic N) is 1. The summed E-state index contributed by atoms with van der Waals surface area (Å²) < 4.78 is 1.15. The van der Waals surface area contributed by atoms with Crippen LogP contribution in [0.2, 0.25) is 5.02 Å². The molecule has 0 bridgehead atoms. The topological polar surface area (TPSA) is 24.9 Å². The molecule has 1 N–H and O–H groups in total. The highest BCUT2D eigenvalue weighted by Crippen LogP contribution is 2.34. The van der Waals surface area contributed by atoms with E-state index in [2.05, 4.69) is 29.4 Å². The van der Waals surface area contributed by atoms with Crippen LogP contribution in [0.3, 0.4) is 0 Å². The number of anilines is 1. The number of benzene rings is 2. The first-order valence-corrected chi connectivity index (χ1v) is 7.34. The van der Waals surface area contributed by atoms with Gasteiger partial charge in [0.05, 0.1) is 20.9 Å². The second kappa shape index (κ2) is 5.19. The average molecular weight is 289 g/mol. The van der Waals surface area contributed by atoms with Crippen molar-refractivity contribution < 1.29 is 0 Å². The fraction of sp³-hybridized carbons (Fsp3) is 0.133. The molecule has 4 heteroatoms. The number of nitrogens with one attached hydrogen (secondary N) is 1. The third-order valence-corrected chi connectivity index (χ3v) is 4.22. The van der Waals surface area contributed by atoms with Crippen molar-refractivity contribution in [1.29, 1.82) is 0 Å². The molecule has 3 rings (SSSR count). The van der Waals surface area contributed by atoms with E-state index in [9.17, 15) is 0 Å². The Morgan fingerprint density at radius 3 is 2.74 bits per heavy atom. The van der Waals surface area contributed by atoms with E-state index in [0.29, 0.717) is 5.02 Å². The highest BCUT2D eigenvalue weighted by molar-refractivity contribution is 7.16. The summed E-state index contributed by atoms with van der Waals surface area (Å²) in [5, 5.41) is 4.18. The van der Waals surface area contributed by atoms with Crippen LogP contribution in [0.5, 0.6) is 0 Å². The second-order valence-corrected chi connectivity index (χ2v) is 5.69. The number of hydrogen-bond donors (Lipinski definition) is 1. The maximum atomic E-state index is 6.29. The Balaban J connectivity index is 1.97. The molecule has 0 amide bonds. The summed E-state index contributed by atoms with van der Waals surface area (Å²) in [6.45, 7) is 2.12. The normalized spacial score (nSPS) is 12.5. The van der Waals surface area contributed by atoms with Crippen LogP contribution in [-0.4, -0.2) is 4.98 Å². The van der Waals surface area contributed by atoms with Crippen LogP contribution in [0, 0.1) is 0 Å². The summed E-state index contributed by atoms with van der Waals surface area (Å²) in [4.78, 5) is 4.40. The van der Waals surface area contributed by atoms with Crippen LogP contribution in [-0.2, 0) is 0 Å². The summed E-state index contributed by atoms with van der Waals surface area (Å²) in [6, 6.07) is 14.4. The minimum atomic E-state index is 0.186. The van der Waals surface area contributed by atoms with Gasteiger partial charge in [0.15, 0.2) is 0 Å². The zero-order chi connectivity index (χ0) is 13.2. The van der Waals surface area contributed by atoms with Crippen LogP contribution in [0.1, 0.15) is 18.5 Å². The first-order chi connectivity index (χ1) is 9.25. The highest BCUT2D eigenvalue weighted by Gasteiger charge is 2.12. The minimum Gasteiger partial charge on any atom is -0.376 e. The van der Waals surface area contributed by atoms with Gasteiger partial charge in [-0.3, -0.25) is 0 Å². The van der Waals surface area contributed by atoms with Gasteiger partial charge in [-0.25, -0.2) is 4.98 Å². The molecule has 0 radical (unpaired) electrons.